The first-order valence-electron chi connectivity index (χ1n) is 9.32. The van der Waals surface area contributed by atoms with E-state index >= 15 is 0 Å². The number of nitrogens with one attached hydrogen (secondary N) is 1. The summed E-state index contributed by atoms with van der Waals surface area (Å²) in [5.41, 5.74) is 2.26. The molecule has 5 nitrogen and oxygen atoms in total. The number of carbonyl (C=O) groups is 1. The Balaban J connectivity index is 1.25. The summed E-state index contributed by atoms with van der Waals surface area (Å²) in [6.45, 7) is 6.52. The van der Waals surface area contributed by atoms with E-state index in [9.17, 15) is 4.79 Å². The maximum atomic E-state index is 12.4. The molecule has 0 atom stereocenters. The molecule has 0 spiro atoms. The molecule has 0 bridgehead atoms. The number of hydrogen-bond donors (Lipinski definition) is 1. The number of para-hydroxylation sites is 1. The first-order valence-corrected chi connectivity index (χ1v) is 10.1. The number of hydrogen-bond acceptors (Lipinski definition) is 4. The molecule has 1 fully saturated rings. The van der Waals surface area contributed by atoms with Crippen molar-refractivity contribution in [1.82, 2.24) is 9.88 Å². The molecule has 4 rings (SSSR count). The van der Waals surface area contributed by atoms with Gasteiger partial charge in [-0.2, -0.15) is 0 Å². The predicted octanol–water partition coefficient (Wildman–Crippen LogP) is 1.91. The van der Waals surface area contributed by atoms with Gasteiger partial charge in [-0.15, -0.1) is 11.3 Å². The van der Waals surface area contributed by atoms with Crippen molar-refractivity contribution in [3.63, 3.8) is 0 Å². The predicted molar refractivity (Wildman–Crippen MR) is 107 cm³/mol. The molecule has 140 valence electrons. The summed E-state index contributed by atoms with van der Waals surface area (Å²) in [5.74, 6) is 0.809. The largest absolute Gasteiger partial charge is 0.484 e. The third-order valence-corrected chi connectivity index (χ3v) is 5.98. The Kier molecular flexibility index (Phi) is 5.36. The number of aryl methyl sites for hydroxylation is 1. The minimum absolute atomic E-state index is 0.0645. The number of carbonyl (C=O) groups excluding carboxylic acids is 1. The Morgan fingerprint density at radius 1 is 1.15 bits per heavy atom. The van der Waals surface area contributed by atoms with Crippen LogP contribution in [0.25, 0.3) is 10.2 Å². The van der Waals surface area contributed by atoms with Gasteiger partial charge in [0.05, 0.1) is 36.4 Å². The Labute approximate surface area is 163 Å². The molecular weight excluding hydrogens is 358 g/mol. The van der Waals surface area contributed by atoms with Gasteiger partial charge in [-0.05, 0) is 31.2 Å². The van der Waals surface area contributed by atoms with Gasteiger partial charge in [0, 0.05) is 0 Å². The molecule has 1 aliphatic rings. The number of benzene rings is 2. The molecule has 6 heteroatoms. The number of aromatic nitrogens is 1. The third-order valence-electron chi connectivity index (χ3n) is 4.95. The van der Waals surface area contributed by atoms with E-state index in [4.69, 9.17) is 9.72 Å². The van der Waals surface area contributed by atoms with Crippen LogP contribution in [0.3, 0.4) is 0 Å². The van der Waals surface area contributed by atoms with E-state index in [0.717, 1.165) is 44.0 Å². The lowest BCUT2D eigenvalue weighted by Gasteiger charge is -2.31. The molecule has 1 saturated heterocycles. The van der Waals surface area contributed by atoms with Crippen LogP contribution in [0.2, 0.25) is 0 Å². The minimum atomic E-state index is 0.0645. The van der Waals surface area contributed by atoms with Crippen molar-refractivity contribution in [1.29, 1.82) is 0 Å². The van der Waals surface area contributed by atoms with Crippen LogP contribution in [-0.2, 0) is 11.3 Å². The fourth-order valence-electron chi connectivity index (χ4n) is 3.33. The lowest BCUT2D eigenvalue weighted by Crippen LogP contribution is -3.13. The van der Waals surface area contributed by atoms with Crippen molar-refractivity contribution in [2.24, 2.45) is 0 Å². The van der Waals surface area contributed by atoms with E-state index in [1.54, 1.807) is 11.3 Å². The molecule has 3 aromatic rings. The molecular formula is C21H24N3O2S+. The monoisotopic (exact) mass is 382 g/mol. The summed E-state index contributed by atoms with van der Waals surface area (Å²) in [4.78, 5) is 20.5. The second kappa shape index (κ2) is 8.06. The summed E-state index contributed by atoms with van der Waals surface area (Å²) in [6.07, 6.45) is 0. The van der Waals surface area contributed by atoms with E-state index in [1.807, 2.05) is 42.2 Å². The molecule has 0 radical (unpaired) electrons. The number of fused-ring (bicyclic) bond motifs is 1. The maximum absolute atomic E-state index is 12.4. The molecule has 0 unspecified atom stereocenters. The van der Waals surface area contributed by atoms with Crippen LogP contribution in [0, 0.1) is 6.92 Å². The zero-order valence-corrected chi connectivity index (χ0v) is 16.3. The van der Waals surface area contributed by atoms with E-state index in [0.29, 0.717) is 0 Å². The normalized spacial score (nSPS) is 15.2. The summed E-state index contributed by atoms with van der Waals surface area (Å²) in [6, 6.07) is 16.1. The van der Waals surface area contributed by atoms with Crippen molar-refractivity contribution >= 4 is 27.5 Å². The quantitative estimate of drug-likeness (QED) is 0.733. The lowest BCUT2D eigenvalue weighted by atomic mass is 10.2. The Hall–Kier alpha value is -2.44. The standard InChI is InChI=1S/C21H23N3O2S/c1-16-6-8-17(9-7-16)26-15-21(25)24-12-10-23(11-13-24)14-20-22-18-4-2-3-5-19(18)27-20/h2-9H,10-15H2,1H3/p+1. The average Bonchev–Trinajstić information content (AvgIpc) is 3.10. The first-order chi connectivity index (χ1) is 13.2. The van der Waals surface area contributed by atoms with Crippen LogP contribution in [0.4, 0.5) is 0 Å². The van der Waals surface area contributed by atoms with E-state index in [1.165, 1.54) is 20.2 Å². The lowest BCUT2D eigenvalue weighted by molar-refractivity contribution is -0.917. The number of ether oxygens (including phenoxy) is 1. The molecule has 1 amide bonds. The highest BCUT2D eigenvalue weighted by atomic mass is 32.1. The Bertz CT molecular complexity index is 882. The number of nitrogens with zero attached hydrogens (tertiary/aromatic N) is 2. The summed E-state index contributed by atoms with van der Waals surface area (Å²) < 4.78 is 6.87. The number of amides is 1. The van der Waals surface area contributed by atoms with Gasteiger partial charge in [-0.3, -0.25) is 4.79 Å². The zero-order chi connectivity index (χ0) is 18.6. The van der Waals surface area contributed by atoms with Crippen molar-refractivity contribution in [2.75, 3.05) is 32.8 Å². The van der Waals surface area contributed by atoms with Gasteiger partial charge in [0.15, 0.2) is 6.61 Å². The van der Waals surface area contributed by atoms with Gasteiger partial charge in [-0.25, -0.2) is 4.98 Å². The smallest absolute Gasteiger partial charge is 0.260 e. The fraction of sp³-hybridized carbons (Fsp3) is 0.333. The first kappa shape index (κ1) is 17.9. The van der Waals surface area contributed by atoms with Crippen LogP contribution in [0.15, 0.2) is 48.5 Å². The maximum Gasteiger partial charge on any atom is 0.260 e. The molecule has 2 heterocycles. The molecule has 0 aliphatic carbocycles. The fourth-order valence-corrected chi connectivity index (χ4v) is 4.37. The van der Waals surface area contributed by atoms with Crippen LogP contribution in [-0.4, -0.2) is 48.6 Å². The Morgan fingerprint density at radius 2 is 1.89 bits per heavy atom. The summed E-state index contributed by atoms with van der Waals surface area (Å²) >= 11 is 1.77. The van der Waals surface area contributed by atoms with Crippen LogP contribution in [0.1, 0.15) is 10.6 Å². The van der Waals surface area contributed by atoms with Crippen LogP contribution >= 0.6 is 11.3 Å². The second-order valence-electron chi connectivity index (χ2n) is 6.98. The average molecular weight is 383 g/mol. The van der Waals surface area contributed by atoms with Crippen molar-refractivity contribution in [3.8, 4) is 5.75 Å². The molecule has 1 N–H and O–H groups in total. The molecule has 1 aliphatic heterocycles. The minimum Gasteiger partial charge on any atom is -0.484 e. The SMILES string of the molecule is Cc1ccc(OCC(=O)N2CC[NH+](Cc3nc4ccccc4s3)CC2)cc1. The van der Waals surface area contributed by atoms with Crippen LogP contribution < -0.4 is 9.64 Å². The highest BCUT2D eigenvalue weighted by Gasteiger charge is 2.24. The van der Waals surface area contributed by atoms with Crippen LogP contribution in [0.5, 0.6) is 5.75 Å². The highest BCUT2D eigenvalue weighted by molar-refractivity contribution is 7.18. The number of piperazine rings is 1. The third kappa shape index (κ3) is 4.46. The second-order valence-corrected chi connectivity index (χ2v) is 8.10. The van der Waals surface area contributed by atoms with Gasteiger partial charge in [0.1, 0.15) is 17.3 Å². The molecule has 1 aromatic heterocycles. The van der Waals surface area contributed by atoms with Gasteiger partial charge in [0.2, 0.25) is 0 Å². The van der Waals surface area contributed by atoms with E-state index in [-0.39, 0.29) is 12.5 Å². The van der Waals surface area contributed by atoms with Gasteiger partial charge in [-0.1, -0.05) is 29.8 Å². The van der Waals surface area contributed by atoms with Gasteiger partial charge >= 0.3 is 0 Å². The number of quaternary nitrogens is 1. The zero-order valence-electron chi connectivity index (χ0n) is 15.5. The van der Waals surface area contributed by atoms with E-state index in [2.05, 4.69) is 18.2 Å². The van der Waals surface area contributed by atoms with Crippen molar-refractivity contribution < 1.29 is 14.4 Å². The highest BCUT2D eigenvalue weighted by Crippen LogP contribution is 2.20. The molecule has 2 aromatic carbocycles. The summed E-state index contributed by atoms with van der Waals surface area (Å²) in [7, 11) is 0. The van der Waals surface area contributed by atoms with Gasteiger partial charge < -0.3 is 14.5 Å². The van der Waals surface area contributed by atoms with Crippen molar-refractivity contribution in [3.05, 3.63) is 59.1 Å². The molecule has 27 heavy (non-hydrogen) atoms. The number of rotatable bonds is 5. The number of thiazole rings is 1. The Morgan fingerprint density at radius 3 is 2.63 bits per heavy atom. The topological polar surface area (TPSA) is 46.9 Å². The van der Waals surface area contributed by atoms with Crippen molar-refractivity contribution in [2.45, 2.75) is 13.5 Å². The molecule has 0 saturated carbocycles. The van der Waals surface area contributed by atoms with Gasteiger partial charge in [0.25, 0.3) is 5.91 Å². The van der Waals surface area contributed by atoms with E-state index < -0.39 is 0 Å². The summed E-state index contributed by atoms with van der Waals surface area (Å²) in [5, 5.41) is 1.17.